The van der Waals surface area contributed by atoms with Gasteiger partial charge in [0.15, 0.2) is 0 Å². The summed E-state index contributed by atoms with van der Waals surface area (Å²) in [6, 6.07) is 6.16. The van der Waals surface area contributed by atoms with E-state index in [-0.39, 0.29) is 5.75 Å². The molecule has 0 aliphatic rings. The highest BCUT2D eigenvalue weighted by Crippen LogP contribution is 2.35. The highest BCUT2D eigenvalue weighted by atomic mass is 79.9. The zero-order valence-electron chi connectivity index (χ0n) is 9.65. The number of thiophene rings is 1. The Hall–Kier alpha value is -1.02. The number of halogens is 3. The van der Waals surface area contributed by atoms with E-state index in [1.54, 1.807) is 18.2 Å². The quantitative estimate of drug-likeness (QED) is 0.640. The van der Waals surface area contributed by atoms with Gasteiger partial charge in [-0.15, -0.1) is 0 Å². The molecule has 102 valence electrons. The van der Waals surface area contributed by atoms with Crippen molar-refractivity contribution < 1.29 is 13.5 Å². The summed E-state index contributed by atoms with van der Waals surface area (Å²) >= 11 is 4.90. The summed E-state index contributed by atoms with van der Waals surface area (Å²) in [5.41, 5.74) is 4.06. The van der Waals surface area contributed by atoms with Gasteiger partial charge < -0.3 is 4.74 Å². The fourth-order valence-corrected chi connectivity index (χ4v) is 3.32. The lowest BCUT2D eigenvalue weighted by molar-refractivity contribution is -0.0506. The Bertz CT molecular complexity index is 550. The van der Waals surface area contributed by atoms with Crippen LogP contribution in [0.1, 0.15) is 17.2 Å². The van der Waals surface area contributed by atoms with E-state index in [0.717, 1.165) is 10.0 Å². The Balaban J connectivity index is 2.41. The summed E-state index contributed by atoms with van der Waals surface area (Å²) in [5, 5.41) is 3.80. The fourth-order valence-electron chi connectivity index (χ4n) is 1.77. The van der Waals surface area contributed by atoms with Crippen molar-refractivity contribution in [2.45, 2.75) is 12.7 Å². The first-order chi connectivity index (χ1) is 9.13. The lowest BCUT2D eigenvalue weighted by Crippen LogP contribution is -2.29. The predicted molar refractivity (Wildman–Crippen MR) is 74.3 cm³/mol. The minimum Gasteiger partial charge on any atom is -0.434 e. The van der Waals surface area contributed by atoms with Crippen molar-refractivity contribution in [2.24, 2.45) is 5.84 Å². The molecule has 0 amide bonds. The molecule has 2 rings (SSSR count). The number of benzene rings is 1. The Kier molecular flexibility index (Phi) is 4.87. The van der Waals surface area contributed by atoms with Gasteiger partial charge in [-0.25, -0.2) is 5.43 Å². The molecule has 1 unspecified atom stereocenters. The first-order valence-corrected chi connectivity index (χ1v) is 7.08. The van der Waals surface area contributed by atoms with Crippen LogP contribution in [0.5, 0.6) is 5.75 Å². The van der Waals surface area contributed by atoms with Crippen molar-refractivity contribution in [3.05, 3.63) is 50.6 Å². The maximum Gasteiger partial charge on any atom is 0.387 e. The fraction of sp³-hybridized carbons (Fsp3) is 0.167. The van der Waals surface area contributed by atoms with Crippen molar-refractivity contribution in [3.8, 4) is 5.75 Å². The minimum absolute atomic E-state index is 0.110. The zero-order valence-corrected chi connectivity index (χ0v) is 12.0. The second kappa shape index (κ2) is 6.42. The topological polar surface area (TPSA) is 47.3 Å². The van der Waals surface area contributed by atoms with Gasteiger partial charge >= 0.3 is 6.61 Å². The van der Waals surface area contributed by atoms with E-state index in [2.05, 4.69) is 26.1 Å². The van der Waals surface area contributed by atoms with Crippen LogP contribution < -0.4 is 16.0 Å². The summed E-state index contributed by atoms with van der Waals surface area (Å²) in [6.07, 6.45) is 0. The van der Waals surface area contributed by atoms with E-state index in [9.17, 15) is 8.78 Å². The second-order valence-corrected chi connectivity index (χ2v) is 5.29. The van der Waals surface area contributed by atoms with Crippen molar-refractivity contribution in [3.63, 3.8) is 0 Å². The highest BCUT2D eigenvalue weighted by molar-refractivity contribution is 9.10. The molecule has 1 aromatic carbocycles. The predicted octanol–water partition coefficient (Wildman–Crippen LogP) is 3.66. The molecule has 0 saturated heterocycles. The molecular weight excluding hydrogens is 338 g/mol. The van der Waals surface area contributed by atoms with Crippen LogP contribution in [-0.2, 0) is 0 Å². The number of rotatable bonds is 5. The Labute approximate surface area is 121 Å². The number of hydrogen-bond donors (Lipinski definition) is 2. The van der Waals surface area contributed by atoms with E-state index in [4.69, 9.17) is 5.84 Å². The zero-order chi connectivity index (χ0) is 13.8. The Morgan fingerprint density at radius 3 is 2.53 bits per heavy atom. The molecule has 7 heteroatoms. The van der Waals surface area contributed by atoms with Crippen LogP contribution in [-0.4, -0.2) is 6.61 Å². The smallest absolute Gasteiger partial charge is 0.387 e. The molecule has 1 aromatic heterocycles. The first kappa shape index (κ1) is 14.4. The van der Waals surface area contributed by atoms with Crippen molar-refractivity contribution in [2.75, 3.05) is 0 Å². The second-order valence-electron chi connectivity index (χ2n) is 3.69. The van der Waals surface area contributed by atoms with E-state index >= 15 is 0 Å². The molecule has 0 fully saturated rings. The Morgan fingerprint density at radius 1 is 1.21 bits per heavy atom. The molecule has 0 aliphatic heterocycles. The number of alkyl halides is 2. The molecular formula is C12H11BrF2N2OS. The Morgan fingerprint density at radius 2 is 1.95 bits per heavy atom. The first-order valence-electron chi connectivity index (χ1n) is 5.35. The summed E-state index contributed by atoms with van der Waals surface area (Å²) in [6.45, 7) is -2.87. The monoisotopic (exact) mass is 348 g/mol. The van der Waals surface area contributed by atoms with Crippen LogP contribution in [0.3, 0.4) is 0 Å². The molecule has 0 radical (unpaired) electrons. The molecule has 3 N–H and O–H groups in total. The van der Waals surface area contributed by atoms with Crippen LogP contribution in [0.25, 0.3) is 0 Å². The van der Waals surface area contributed by atoms with Gasteiger partial charge in [0.1, 0.15) is 5.75 Å². The highest BCUT2D eigenvalue weighted by Gasteiger charge is 2.21. The molecule has 19 heavy (non-hydrogen) atoms. The molecule has 0 aliphatic carbocycles. The summed E-state index contributed by atoms with van der Waals surface area (Å²) in [4.78, 5) is 0. The standard InChI is InChI=1S/C12H11BrF2N2OS/c13-9-6-19-5-8(9)11(17-16)7-3-1-2-4-10(7)18-12(14)15/h1-6,11-12,17H,16H2. The van der Waals surface area contributed by atoms with Crippen LogP contribution in [0.2, 0.25) is 0 Å². The van der Waals surface area contributed by atoms with Crippen LogP contribution >= 0.6 is 27.3 Å². The molecule has 0 bridgehead atoms. The van der Waals surface area contributed by atoms with Crippen LogP contribution in [0.4, 0.5) is 8.78 Å². The maximum atomic E-state index is 12.4. The maximum absolute atomic E-state index is 12.4. The van der Waals surface area contributed by atoms with Gasteiger partial charge in [-0.1, -0.05) is 18.2 Å². The van der Waals surface area contributed by atoms with Crippen molar-refractivity contribution in [1.29, 1.82) is 0 Å². The van der Waals surface area contributed by atoms with Crippen LogP contribution in [0, 0.1) is 0 Å². The SMILES string of the molecule is NNC(c1cscc1Br)c1ccccc1OC(F)F. The average molecular weight is 349 g/mol. The third-order valence-corrected chi connectivity index (χ3v) is 4.32. The minimum atomic E-state index is -2.87. The third kappa shape index (κ3) is 3.30. The number of para-hydroxylation sites is 1. The summed E-state index contributed by atoms with van der Waals surface area (Å²) in [5.74, 6) is 5.67. The molecule has 0 spiro atoms. The van der Waals surface area contributed by atoms with Gasteiger partial charge in [-0.3, -0.25) is 5.84 Å². The van der Waals surface area contributed by atoms with Crippen LogP contribution in [0.15, 0.2) is 39.5 Å². The molecule has 3 nitrogen and oxygen atoms in total. The molecule has 2 aromatic rings. The number of nitrogens with two attached hydrogens (primary N) is 1. The van der Waals surface area contributed by atoms with Gasteiger partial charge in [0.25, 0.3) is 0 Å². The van der Waals surface area contributed by atoms with Crippen molar-refractivity contribution in [1.82, 2.24) is 5.43 Å². The van der Waals surface area contributed by atoms with Gasteiger partial charge in [0.2, 0.25) is 0 Å². The normalized spacial score (nSPS) is 12.7. The third-order valence-electron chi connectivity index (χ3n) is 2.57. The van der Waals surface area contributed by atoms with Gasteiger partial charge in [-0.2, -0.15) is 20.1 Å². The molecule has 1 heterocycles. The lowest BCUT2D eigenvalue weighted by Gasteiger charge is -2.19. The largest absolute Gasteiger partial charge is 0.434 e. The van der Waals surface area contributed by atoms with E-state index < -0.39 is 12.7 Å². The van der Waals surface area contributed by atoms with E-state index in [1.807, 2.05) is 10.8 Å². The van der Waals surface area contributed by atoms with Gasteiger partial charge in [0.05, 0.1) is 6.04 Å². The summed E-state index contributed by atoms with van der Waals surface area (Å²) < 4.78 is 30.2. The summed E-state index contributed by atoms with van der Waals surface area (Å²) in [7, 11) is 0. The molecule has 0 saturated carbocycles. The van der Waals surface area contributed by atoms with E-state index in [0.29, 0.717) is 5.56 Å². The number of hydrogen-bond acceptors (Lipinski definition) is 4. The van der Waals surface area contributed by atoms with E-state index in [1.165, 1.54) is 17.4 Å². The van der Waals surface area contributed by atoms with Gasteiger partial charge in [0, 0.05) is 15.4 Å². The number of ether oxygens (including phenoxy) is 1. The molecule has 1 atom stereocenters. The van der Waals surface area contributed by atoms with Crippen molar-refractivity contribution >= 4 is 27.3 Å². The number of hydrazine groups is 1. The average Bonchev–Trinajstić information content (AvgIpc) is 2.78. The number of nitrogens with one attached hydrogen (secondary N) is 1. The van der Waals surface area contributed by atoms with Gasteiger partial charge in [-0.05, 0) is 32.9 Å². The lowest BCUT2D eigenvalue weighted by atomic mass is 10.0.